The van der Waals surface area contributed by atoms with Gasteiger partial charge >= 0.3 is 5.97 Å². The highest BCUT2D eigenvalue weighted by atomic mass is 16.5. The van der Waals surface area contributed by atoms with Crippen molar-refractivity contribution in [1.82, 2.24) is 20.2 Å². The second-order valence-electron chi connectivity index (χ2n) is 8.93. The third kappa shape index (κ3) is 5.99. The van der Waals surface area contributed by atoms with E-state index in [1.165, 1.54) is 5.56 Å². The molecule has 3 aromatic carbocycles. The van der Waals surface area contributed by atoms with Crippen molar-refractivity contribution >= 4 is 16.9 Å². The first-order valence-electron chi connectivity index (χ1n) is 12.2. The second kappa shape index (κ2) is 10.9. The van der Waals surface area contributed by atoms with E-state index in [4.69, 9.17) is 9.84 Å². The maximum Gasteiger partial charge on any atom is 0.303 e. The fourth-order valence-electron chi connectivity index (χ4n) is 4.31. The molecular weight excluding hydrogens is 452 g/mol. The molecule has 0 aliphatic carbocycles. The van der Waals surface area contributed by atoms with Crippen LogP contribution >= 0.6 is 0 Å². The number of benzene rings is 3. The van der Waals surface area contributed by atoms with E-state index in [-0.39, 0.29) is 6.42 Å². The Hall–Kier alpha value is -4.39. The summed E-state index contributed by atoms with van der Waals surface area (Å²) in [6.45, 7) is 0. The largest absolute Gasteiger partial charge is 0.481 e. The van der Waals surface area contributed by atoms with E-state index in [2.05, 4.69) is 44.4 Å². The quantitative estimate of drug-likeness (QED) is 0.187. The van der Waals surface area contributed by atoms with Gasteiger partial charge in [-0.3, -0.25) is 4.79 Å². The number of hydrogen-bond acceptors (Lipinski definition) is 4. The van der Waals surface area contributed by atoms with Gasteiger partial charge in [0.1, 0.15) is 17.3 Å². The summed E-state index contributed by atoms with van der Waals surface area (Å²) < 4.78 is 6.09. The number of aryl methyl sites for hydroxylation is 1. The number of aromatic amines is 2. The predicted molar refractivity (Wildman–Crippen MR) is 139 cm³/mol. The number of aliphatic carboxylic acids is 1. The number of unbranched alkanes of at least 4 members (excludes halogenated alkanes) is 2. The van der Waals surface area contributed by atoms with Crippen molar-refractivity contribution < 1.29 is 14.6 Å². The number of rotatable bonds is 11. The summed E-state index contributed by atoms with van der Waals surface area (Å²) in [4.78, 5) is 17.2. The normalized spacial score (nSPS) is 11.1. The van der Waals surface area contributed by atoms with E-state index in [0.717, 1.165) is 65.0 Å². The Morgan fingerprint density at radius 1 is 0.861 bits per heavy atom. The van der Waals surface area contributed by atoms with Crippen LogP contribution in [0.15, 0.2) is 79.0 Å². The van der Waals surface area contributed by atoms with Crippen LogP contribution in [0, 0.1) is 0 Å². The smallest absolute Gasteiger partial charge is 0.303 e. The molecule has 2 heterocycles. The van der Waals surface area contributed by atoms with E-state index < -0.39 is 5.97 Å². The van der Waals surface area contributed by atoms with Gasteiger partial charge in [0, 0.05) is 35.5 Å². The molecule has 5 aromatic rings. The van der Waals surface area contributed by atoms with Crippen molar-refractivity contribution in [2.75, 3.05) is 0 Å². The van der Waals surface area contributed by atoms with Crippen LogP contribution in [0.3, 0.4) is 0 Å². The number of carboxylic acid groups (broad SMARTS) is 1. The molecule has 0 aliphatic heterocycles. The van der Waals surface area contributed by atoms with Crippen LogP contribution in [0.5, 0.6) is 11.5 Å². The summed E-state index contributed by atoms with van der Waals surface area (Å²) >= 11 is 0. The van der Waals surface area contributed by atoms with Gasteiger partial charge in [-0.05, 0) is 66.8 Å². The standard InChI is InChI=1S/C29H28N4O3/c34-28(35)11-3-1-2-6-20-7-4-8-21(16-20)17-27-31-29(33-32-27)23-9-5-10-24(19-23)36-25-12-13-26-22(18-25)14-15-30-26/h4-5,7-10,12-16,18-19,30H,1-3,6,11,17H2,(H,34,35)(H,31,32,33). The first-order valence-corrected chi connectivity index (χ1v) is 12.2. The number of nitrogens with zero attached hydrogens (tertiary/aromatic N) is 2. The van der Waals surface area contributed by atoms with E-state index in [0.29, 0.717) is 12.2 Å². The number of hydrogen-bond donors (Lipinski definition) is 3. The first-order chi connectivity index (χ1) is 17.6. The van der Waals surface area contributed by atoms with Crippen molar-refractivity contribution in [3.8, 4) is 22.9 Å². The molecule has 0 saturated carbocycles. The molecule has 3 N–H and O–H groups in total. The molecule has 5 rings (SSSR count). The lowest BCUT2D eigenvalue weighted by molar-refractivity contribution is -0.137. The number of fused-ring (bicyclic) bond motifs is 1. The second-order valence-corrected chi connectivity index (χ2v) is 8.93. The summed E-state index contributed by atoms with van der Waals surface area (Å²) in [6.07, 6.45) is 6.40. The fraction of sp³-hybridized carbons (Fsp3) is 0.207. The third-order valence-corrected chi connectivity index (χ3v) is 6.12. The van der Waals surface area contributed by atoms with Crippen LogP contribution < -0.4 is 4.74 Å². The molecule has 182 valence electrons. The zero-order valence-corrected chi connectivity index (χ0v) is 19.9. The Morgan fingerprint density at radius 3 is 2.64 bits per heavy atom. The lowest BCUT2D eigenvalue weighted by atomic mass is 10.0. The van der Waals surface area contributed by atoms with Gasteiger partial charge in [0.05, 0.1) is 0 Å². The maximum absolute atomic E-state index is 10.6. The topological polar surface area (TPSA) is 104 Å². The van der Waals surface area contributed by atoms with Gasteiger partial charge in [0.2, 0.25) is 0 Å². The molecule has 0 aliphatic rings. The van der Waals surface area contributed by atoms with Crippen LogP contribution in [0.2, 0.25) is 0 Å². The van der Waals surface area contributed by atoms with Gasteiger partial charge in [0.15, 0.2) is 5.82 Å². The zero-order valence-electron chi connectivity index (χ0n) is 19.9. The zero-order chi connectivity index (χ0) is 24.7. The van der Waals surface area contributed by atoms with Gasteiger partial charge in [-0.15, -0.1) is 10.2 Å². The minimum Gasteiger partial charge on any atom is -0.481 e. The summed E-state index contributed by atoms with van der Waals surface area (Å²) in [5.74, 6) is 2.28. The highest BCUT2D eigenvalue weighted by Gasteiger charge is 2.09. The van der Waals surface area contributed by atoms with Crippen molar-refractivity contribution in [2.45, 2.75) is 38.5 Å². The Balaban J connectivity index is 1.21. The van der Waals surface area contributed by atoms with Crippen LogP contribution in [0.1, 0.15) is 42.6 Å². The van der Waals surface area contributed by atoms with Crippen molar-refractivity contribution in [3.05, 3.63) is 95.9 Å². The molecule has 0 radical (unpaired) electrons. The molecule has 0 atom stereocenters. The van der Waals surface area contributed by atoms with E-state index in [9.17, 15) is 4.79 Å². The molecular formula is C29H28N4O3. The Labute approximate surface area is 209 Å². The van der Waals surface area contributed by atoms with Crippen LogP contribution in [0.4, 0.5) is 0 Å². The molecule has 0 fully saturated rings. The molecule has 36 heavy (non-hydrogen) atoms. The molecule has 7 heteroatoms. The van der Waals surface area contributed by atoms with Crippen molar-refractivity contribution in [2.24, 2.45) is 0 Å². The Bertz CT molecular complexity index is 1470. The molecule has 0 spiro atoms. The van der Waals surface area contributed by atoms with E-state index in [1.807, 2.05) is 54.7 Å². The summed E-state index contributed by atoms with van der Waals surface area (Å²) in [5.41, 5.74) is 4.40. The molecule has 7 nitrogen and oxygen atoms in total. The maximum atomic E-state index is 10.6. The highest BCUT2D eigenvalue weighted by Crippen LogP contribution is 2.28. The van der Waals surface area contributed by atoms with Gasteiger partial charge in [-0.1, -0.05) is 42.8 Å². The van der Waals surface area contributed by atoms with E-state index >= 15 is 0 Å². The van der Waals surface area contributed by atoms with E-state index in [1.54, 1.807) is 0 Å². The van der Waals surface area contributed by atoms with Crippen molar-refractivity contribution in [3.63, 3.8) is 0 Å². The van der Waals surface area contributed by atoms with Gasteiger partial charge < -0.3 is 19.8 Å². The monoisotopic (exact) mass is 480 g/mol. The number of H-pyrrole nitrogens is 2. The molecule has 0 amide bonds. The molecule has 0 unspecified atom stereocenters. The lowest BCUT2D eigenvalue weighted by Gasteiger charge is -2.07. The fourth-order valence-corrected chi connectivity index (χ4v) is 4.31. The third-order valence-electron chi connectivity index (χ3n) is 6.12. The summed E-state index contributed by atoms with van der Waals surface area (Å²) in [5, 5.41) is 18.6. The lowest BCUT2D eigenvalue weighted by Crippen LogP contribution is -1.95. The van der Waals surface area contributed by atoms with Gasteiger partial charge in [-0.2, -0.15) is 0 Å². The SMILES string of the molecule is O=C(O)CCCCCc1cccc(Cc2nnc(-c3cccc(Oc4ccc5[nH]ccc5c4)c3)[nH]2)c1. The van der Waals surface area contributed by atoms with Crippen LogP contribution in [-0.4, -0.2) is 31.2 Å². The van der Waals surface area contributed by atoms with Crippen LogP contribution in [-0.2, 0) is 17.6 Å². The summed E-state index contributed by atoms with van der Waals surface area (Å²) in [6, 6.07) is 24.2. The van der Waals surface area contributed by atoms with Crippen molar-refractivity contribution in [1.29, 1.82) is 0 Å². The Morgan fingerprint density at radius 2 is 1.72 bits per heavy atom. The summed E-state index contributed by atoms with van der Waals surface area (Å²) in [7, 11) is 0. The van der Waals surface area contributed by atoms with Gasteiger partial charge in [0.25, 0.3) is 0 Å². The number of carbonyl (C=O) groups is 1. The molecule has 2 aromatic heterocycles. The minimum atomic E-state index is -0.725. The number of aromatic nitrogens is 4. The van der Waals surface area contributed by atoms with Gasteiger partial charge in [-0.25, -0.2) is 0 Å². The molecule has 0 bridgehead atoms. The average molecular weight is 481 g/mol. The average Bonchev–Trinajstić information content (AvgIpc) is 3.53. The predicted octanol–water partition coefficient (Wildman–Crippen LogP) is 6.52. The Kier molecular flexibility index (Phi) is 7.07. The van der Waals surface area contributed by atoms with Crippen LogP contribution in [0.25, 0.3) is 22.3 Å². The highest BCUT2D eigenvalue weighted by molar-refractivity contribution is 5.80. The number of ether oxygens (including phenoxy) is 1. The number of nitrogens with one attached hydrogen (secondary N) is 2. The molecule has 0 saturated heterocycles. The minimum absolute atomic E-state index is 0.242. The number of carboxylic acids is 1. The first kappa shape index (κ1) is 23.4.